The van der Waals surface area contributed by atoms with E-state index >= 15 is 0 Å². The zero-order chi connectivity index (χ0) is 53.9. The van der Waals surface area contributed by atoms with Gasteiger partial charge in [0.2, 0.25) is 5.91 Å². The number of unbranched alkanes of at least 4 members (excludes halogenated alkanes) is 31. The Bertz CT molecular complexity index is 1380. The Labute approximate surface area is 449 Å². The average molecular weight is 1050 g/mol. The third kappa shape index (κ3) is 31.6. The Morgan fingerprint density at radius 1 is 0.473 bits per heavy atom. The van der Waals surface area contributed by atoms with Gasteiger partial charge >= 0.3 is 0 Å². The lowest BCUT2D eigenvalue weighted by Gasteiger charge is -2.46. The molecule has 14 nitrogen and oxygen atoms in total. The maximum Gasteiger partial charge on any atom is 0.220 e. The molecule has 0 aromatic rings. The van der Waals surface area contributed by atoms with Crippen LogP contribution in [0, 0.1) is 0 Å². The van der Waals surface area contributed by atoms with Gasteiger partial charge in [-0.05, 0) is 57.8 Å². The first kappa shape index (κ1) is 68.3. The minimum atomic E-state index is -1.79. The minimum Gasteiger partial charge on any atom is -0.394 e. The first-order valence-corrected chi connectivity index (χ1v) is 30.2. The van der Waals surface area contributed by atoms with Gasteiger partial charge < -0.3 is 65.1 Å². The molecular weight excluding hydrogens is 943 g/mol. The number of carbonyl (C=O) groups is 1. The molecule has 0 saturated carbocycles. The summed E-state index contributed by atoms with van der Waals surface area (Å²) in [6.45, 7) is 2.79. The number of amides is 1. The van der Waals surface area contributed by atoms with Crippen LogP contribution in [-0.2, 0) is 23.7 Å². The third-order valence-electron chi connectivity index (χ3n) is 14.8. The Morgan fingerprint density at radius 2 is 0.865 bits per heavy atom. The summed E-state index contributed by atoms with van der Waals surface area (Å²) in [5.41, 5.74) is 0. The van der Waals surface area contributed by atoms with Crippen molar-refractivity contribution in [2.75, 3.05) is 19.8 Å². The smallest absolute Gasteiger partial charge is 0.220 e. The molecule has 12 unspecified atom stereocenters. The van der Waals surface area contributed by atoms with E-state index in [2.05, 4.69) is 43.5 Å². The van der Waals surface area contributed by atoms with Gasteiger partial charge in [0.05, 0.1) is 32.0 Å². The van der Waals surface area contributed by atoms with Crippen molar-refractivity contribution in [1.29, 1.82) is 0 Å². The molecule has 2 heterocycles. The zero-order valence-electron chi connectivity index (χ0n) is 46.6. The number of carbonyl (C=O) groups excluding carboxylic acids is 1. The Morgan fingerprint density at radius 3 is 1.32 bits per heavy atom. The van der Waals surface area contributed by atoms with Crippen LogP contribution in [-0.4, -0.2) is 140 Å². The van der Waals surface area contributed by atoms with Crippen LogP contribution in [0.25, 0.3) is 0 Å². The SMILES string of the molecule is CCCCCCCCCC/C=C\CCCCCCCCCCCCCC(=O)NC(COC1OC(CO)C(OC2OC(CO)C(O)C(O)C2O)C(O)C1O)C(O)/C=C/CC/C=C/CCCCCCCCCCCCC. The molecule has 2 aliphatic rings. The van der Waals surface area contributed by atoms with E-state index in [1.54, 1.807) is 6.08 Å². The van der Waals surface area contributed by atoms with E-state index in [4.69, 9.17) is 18.9 Å². The zero-order valence-corrected chi connectivity index (χ0v) is 46.6. The highest BCUT2D eigenvalue weighted by molar-refractivity contribution is 5.76. The molecule has 0 radical (unpaired) electrons. The number of aliphatic hydroxyl groups excluding tert-OH is 8. The van der Waals surface area contributed by atoms with Gasteiger partial charge in [0.15, 0.2) is 12.6 Å². The van der Waals surface area contributed by atoms with E-state index < -0.39 is 86.8 Å². The maximum atomic E-state index is 13.3. The average Bonchev–Trinajstić information content (AvgIpc) is 3.40. The lowest BCUT2D eigenvalue weighted by atomic mass is 9.97. The fourth-order valence-corrected chi connectivity index (χ4v) is 9.89. The van der Waals surface area contributed by atoms with Crippen LogP contribution in [0.4, 0.5) is 0 Å². The normalized spacial score (nSPS) is 25.4. The fourth-order valence-electron chi connectivity index (χ4n) is 9.89. The van der Waals surface area contributed by atoms with Crippen molar-refractivity contribution in [2.24, 2.45) is 0 Å². The topological polar surface area (TPSA) is 228 Å². The van der Waals surface area contributed by atoms with Crippen LogP contribution in [0.1, 0.15) is 245 Å². The molecule has 74 heavy (non-hydrogen) atoms. The monoisotopic (exact) mass is 1050 g/mol. The summed E-state index contributed by atoms with van der Waals surface area (Å²) in [5, 5.41) is 87.1. The molecule has 12 atom stereocenters. The predicted octanol–water partition coefficient (Wildman–Crippen LogP) is 10.2. The second-order valence-corrected chi connectivity index (χ2v) is 21.5. The van der Waals surface area contributed by atoms with Crippen LogP contribution in [0.5, 0.6) is 0 Å². The molecule has 9 N–H and O–H groups in total. The molecule has 2 fully saturated rings. The Kier molecular flexibility index (Phi) is 42.6. The van der Waals surface area contributed by atoms with Gasteiger partial charge in [0, 0.05) is 6.42 Å². The van der Waals surface area contributed by atoms with Crippen molar-refractivity contribution in [1.82, 2.24) is 5.32 Å². The number of aliphatic hydroxyl groups is 8. The van der Waals surface area contributed by atoms with Gasteiger partial charge in [-0.2, -0.15) is 0 Å². The number of allylic oxidation sites excluding steroid dienone is 5. The predicted molar refractivity (Wildman–Crippen MR) is 295 cm³/mol. The van der Waals surface area contributed by atoms with E-state index in [1.807, 2.05) is 6.08 Å². The molecule has 14 heteroatoms. The fraction of sp³-hybridized carbons (Fsp3) is 0.883. The summed E-state index contributed by atoms with van der Waals surface area (Å²) in [5.74, 6) is -0.248. The Hall–Kier alpha value is -1.79. The minimum absolute atomic E-state index is 0.248. The highest BCUT2D eigenvalue weighted by atomic mass is 16.7. The molecule has 0 aliphatic carbocycles. The molecule has 434 valence electrons. The maximum absolute atomic E-state index is 13.3. The molecule has 2 aliphatic heterocycles. The molecule has 0 aromatic heterocycles. The van der Waals surface area contributed by atoms with E-state index in [9.17, 15) is 45.6 Å². The van der Waals surface area contributed by atoms with Crippen molar-refractivity contribution in [3.05, 3.63) is 36.5 Å². The summed E-state index contributed by atoms with van der Waals surface area (Å²) in [6.07, 6.45) is 39.0. The molecule has 0 spiro atoms. The van der Waals surface area contributed by atoms with E-state index in [0.29, 0.717) is 12.8 Å². The number of hydrogen-bond donors (Lipinski definition) is 9. The standard InChI is InChI=1S/C60H111NO13/c1-3-5-7-9-11-13-15-17-19-21-22-23-24-25-26-28-30-32-34-36-38-40-42-44-52(65)61-48(49(64)43-41-39-37-35-33-31-29-27-20-18-16-14-12-10-8-6-4-2)47-71-59-57(70)55(68)58(51(46-63)73-59)74-60-56(69)54(67)53(66)50(45-62)72-60/h21-22,33,35,41,43,48-51,53-60,62-64,66-70H,3-20,23-32,34,36-40,42,44-47H2,1-2H3,(H,61,65)/b22-21-,35-33+,43-41+. The van der Waals surface area contributed by atoms with Crippen molar-refractivity contribution >= 4 is 5.91 Å². The van der Waals surface area contributed by atoms with E-state index in [-0.39, 0.29) is 18.9 Å². The van der Waals surface area contributed by atoms with Crippen LogP contribution in [0.2, 0.25) is 0 Å². The number of nitrogens with one attached hydrogen (secondary N) is 1. The van der Waals surface area contributed by atoms with Crippen molar-refractivity contribution in [3.8, 4) is 0 Å². The van der Waals surface area contributed by atoms with Crippen molar-refractivity contribution in [2.45, 2.75) is 319 Å². The van der Waals surface area contributed by atoms with E-state index in [0.717, 1.165) is 32.1 Å². The van der Waals surface area contributed by atoms with Crippen molar-refractivity contribution < 1.29 is 64.6 Å². The first-order valence-electron chi connectivity index (χ1n) is 30.2. The van der Waals surface area contributed by atoms with Crippen molar-refractivity contribution in [3.63, 3.8) is 0 Å². The van der Waals surface area contributed by atoms with Crippen LogP contribution >= 0.6 is 0 Å². The van der Waals surface area contributed by atoms with Gasteiger partial charge in [0.25, 0.3) is 0 Å². The quantitative estimate of drug-likeness (QED) is 0.0204. The Balaban J connectivity index is 1.76. The van der Waals surface area contributed by atoms with Gasteiger partial charge in [0.1, 0.15) is 48.8 Å². The first-order chi connectivity index (χ1) is 36.1. The second kappa shape index (κ2) is 46.2. The molecule has 0 aromatic carbocycles. The van der Waals surface area contributed by atoms with Gasteiger partial charge in [-0.3, -0.25) is 4.79 Å². The molecule has 2 rings (SSSR count). The van der Waals surface area contributed by atoms with Gasteiger partial charge in [-0.15, -0.1) is 0 Å². The summed E-state index contributed by atoms with van der Waals surface area (Å²) < 4.78 is 22.8. The van der Waals surface area contributed by atoms with Crippen LogP contribution < -0.4 is 5.32 Å². The molecule has 2 saturated heterocycles. The molecule has 1 amide bonds. The van der Waals surface area contributed by atoms with Gasteiger partial charge in [-0.1, -0.05) is 217 Å². The molecule has 0 bridgehead atoms. The highest BCUT2D eigenvalue weighted by Gasteiger charge is 2.51. The lowest BCUT2D eigenvalue weighted by molar-refractivity contribution is -0.359. The summed E-state index contributed by atoms with van der Waals surface area (Å²) in [4.78, 5) is 13.3. The lowest BCUT2D eigenvalue weighted by Crippen LogP contribution is -2.65. The summed E-state index contributed by atoms with van der Waals surface area (Å²) in [7, 11) is 0. The number of hydrogen-bond acceptors (Lipinski definition) is 13. The van der Waals surface area contributed by atoms with E-state index in [1.165, 1.54) is 180 Å². The summed E-state index contributed by atoms with van der Waals surface area (Å²) >= 11 is 0. The number of rotatable bonds is 48. The van der Waals surface area contributed by atoms with Crippen LogP contribution in [0.15, 0.2) is 36.5 Å². The highest BCUT2D eigenvalue weighted by Crippen LogP contribution is 2.30. The van der Waals surface area contributed by atoms with Gasteiger partial charge in [-0.25, -0.2) is 0 Å². The summed E-state index contributed by atoms with van der Waals surface area (Å²) in [6, 6.07) is -0.931. The largest absolute Gasteiger partial charge is 0.394 e. The second-order valence-electron chi connectivity index (χ2n) is 21.5. The molecular formula is C60H111NO13. The third-order valence-corrected chi connectivity index (χ3v) is 14.8. The number of ether oxygens (including phenoxy) is 4. The van der Waals surface area contributed by atoms with Crippen LogP contribution in [0.3, 0.4) is 0 Å².